The smallest absolute Gasteiger partial charge is 0.242 e. The van der Waals surface area contributed by atoms with Crippen LogP contribution in [-0.4, -0.2) is 73.1 Å². The number of nitrogens with zero attached hydrogens (tertiary/aromatic N) is 2. The molecule has 0 unspecified atom stereocenters. The highest BCUT2D eigenvalue weighted by Gasteiger charge is 2.32. The second-order valence-corrected chi connectivity index (χ2v) is 7.05. The molecule has 0 aliphatic carbocycles. The van der Waals surface area contributed by atoms with Crippen molar-refractivity contribution in [2.75, 3.05) is 39.3 Å². The van der Waals surface area contributed by atoms with Crippen LogP contribution in [0.3, 0.4) is 0 Å². The molecule has 2 saturated heterocycles. The Bertz CT molecular complexity index is 614. The molecule has 6 nitrogen and oxygen atoms in total. The van der Waals surface area contributed by atoms with E-state index in [0.29, 0.717) is 39.2 Å². The van der Waals surface area contributed by atoms with Crippen LogP contribution in [0.15, 0.2) is 30.3 Å². The number of carbonyl (C=O) groups excluding carboxylic acids is 2. The van der Waals surface area contributed by atoms with Crippen LogP contribution in [0, 0.1) is 0 Å². The first-order valence-electron chi connectivity index (χ1n) is 9.60. The molecule has 0 bridgehead atoms. The Labute approximate surface area is 167 Å². The molecule has 150 valence electrons. The first-order chi connectivity index (χ1) is 12.6. The molecule has 0 spiro atoms. The van der Waals surface area contributed by atoms with Crippen molar-refractivity contribution in [2.45, 2.75) is 38.3 Å². The van der Waals surface area contributed by atoms with E-state index in [4.69, 9.17) is 4.74 Å². The van der Waals surface area contributed by atoms with E-state index in [0.717, 1.165) is 19.4 Å². The highest BCUT2D eigenvalue weighted by atomic mass is 35.5. The Balaban J connectivity index is 0.00000261. The molecule has 1 aromatic carbocycles. The molecule has 2 atom stereocenters. The van der Waals surface area contributed by atoms with E-state index in [2.05, 4.69) is 17.4 Å². The summed E-state index contributed by atoms with van der Waals surface area (Å²) in [6.07, 6.45) is 2.00. The van der Waals surface area contributed by atoms with Gasteiger partial charge in [0.25, 0.3) is 0 Å². The lowest BCUT2D eigenvalue weighted by Crippen LogP contribution is -2.56. The van der Waals surface area contributed by atoms with E-state index in [1.807, 2.05) is 34.9 Å². The molecular formula is C20H30ClN3O3. The van der Waals surface area contributed by atoms with Crippen molar-refractivity contribution in [2.24, 2.45) is 0 Å². The minimum absolute atomic E-state index is 0. The minimum Gasteiger partial charge on any atom is -0.375 e. The van der Waals surface area contributed by atoms with E-state index in [1.54, 1.807) is 0 Å². The zero-order chi connectivity index (χ0) is 18.4. The zero-order valence-corrected chi connectivity index (χ0v) is 16.7. The van der Waals surface area contributed by atoms with Gasteiger partial charge in [-0.1, -0.05) is 30.3 Å². The number of rotatable bonds is 4. The summed E-state index contributed by atoms with van der Waals surface area (Å²) >= 11 is 0. The van der Waals surface area contributed by atoms with Gasteiger partial charge in [-0.25, -0.2) is 0 Å². The molecule has 1 N–H and O–H groups in total. The fourth-order valence-electron chi connectivity index (χ4n) is 3.65. The summed E-state index contributed by atoms with van der Waals surface area (Å²) in [6, 6.07) is 9.81. The zero-order valence-electron chi connectivity index (χ0n) is 15.9. The second-order valence-electron chi connectivity index (χ2n) is 7.05. The van der Waals surface area contributed by atoms with E-state index in [1.165, 1.54) is 5.56 Å². The molecule has 27 heavy (non-hydrogen) atoms. The van der Waals surface area contributed by atoms with E-state index in [-0.39, 0.29) is 36.4 Å². The Hall–Kier alpha value is -1.63. The van der Waals surface area contributed by atoms with E-state index >= 15 is 0 Å². The molecule has 0 saturated carbocycles. The highest BCUT2D eigenvalue weighted by Crippen LogP contribution is 2.12. The second kappa shape index (κ2) is 10.6. The molecular weight excluding hydrogens is 366 g/mol. The third-order valence-corrected chi connectivity index (χ3v) is 5.21. The summed E-state index contributed by atoms with van der Waals surface area (Å²) in [4.78, 5) is 29.1. The third-order valence-electron chi connectivity index (χ3n) is 5.21. The summed E-state index contributed by atoms with van der Waals surface area (Å²) in [5.74, 6) is 0.270. The predicted octanol–water partition coefficient (Wildman–Crippen LogP) is 1.48. The van der Waals surface area contributed by atoms with Gasteiger partial charge in [0.2, 0.25) is 11.8 Å². The Morgan fingerprint density at radius 1 is 1.11 bits per heavy atom. The normalized spacial score (nSPS) is 23.3. The van der Waals surface area contributed by atoms with Crippen LogP contribution in [0.25, 0.3) is 0 Å². The van der Waals surface area contributed by atoms with Crippen LogP contribution < -0.4 is 5.32 Å². The maximum absolute atomic E-state index is 12.8. The van der Waals surface area contributed by atoms with Gasteiger partial charge >= 0.3 is 0 Å². The number of carbonyl (C=O) groups is 2. The van der Waals surface area contributed by atoms with Crippen molar-refractivity contribution in [3.63, 3.8) is 0 Å². The number of hydrogen-bond donors (Lipinski definition) is 1. The number of nitrogens with one attached hydrogen (secondary N) is 1. The largest absolute Gasteiger partial charge is 0.375 e. The van der Waals surface area contributed by atoms with E-state index < -0.39 is 0 Å². The van der Waals surface area contributed by atoms with Crippen molar-refractivity contribution in [1.29, 1.82) is 0 Å². The lowest BCUT2D eigenvalue weighted by atomic mass is 10.1. The van der Waals surface area contributed by atoms with Gasteiger partial charge in [0.1, 0.15) is 6.04 Å². The van der Waals surface area contributed by atoms with Crippen molar-refractivity contribution < 1.29 is 14.3 Å². The quantitative estimate of drug-likeness (QED) is 0.838. The molecule has 3 rings (SSSR count). The number of morpholine rings is 1. The lowest BCUT2D eigenvalue weighted by Gasteiger charge is -2.33. The van der Waals surface area contributed by atoms with Gasteiger partial charge in [-0.3, -0.25) is 9.59 Å². The minimum atomic E-state index is -0.274. The summed E-state index contributed by atoms with van der Waals surface area (Å²) in [6.45, 7) is 5.93. The number of benzene rings is 1. The molecule has 2 aliphatic heterocycles. The summed E-state index contributed by atoms with van der Waals surface area (Å²) < 4.78 is 5.59. The number of amides is 2. The number of ether oxygens (including phenoxy) is 1. The van der Waals surface area contributed by atoms with Gasteiger partial charge in [0.05, 0.1) is 12.7 Å². The third kappa shape index (κ3) is 5.92. The highest BCUT2D eigenvalue weighted by molar-refractivity contribution is 5.85. The fraction of sp³-hybridized carbons (Fsp3) is 0.600. The molecule has 2 aliphatic rings. The first kappa shape index (κ1) is 21.7. The molecule has 0 aromatic heterocycles. The van der Waals surface area contributed by atoms with Gasteiger partial charge in [0.15, 0.2) is 0 Å². The van der Waals surface area contributed by atoms with Crippen LogP contribution in [0.5, 0.6) is 0 Å². The van der Waals surface area contributed by atoms with Crippen molar-refractivity contribution in [3.05, 3.63) is 35.9 Å². The first-order valence-corrected chi connectivity index (χ1v) is 9.60. The van der Waals surface area contributed by atoms with Gasteiger partial charge in [-0.15, -0.1) is 12.4 Å². The van der Waals surface area contributed by atoms with Crippen molar-refractivity contribution >= 4 is 24.2 Å². The lowest BCUT2D eigenvalue weighted by molar-refractivity contribution is -0.140. The molecule has 2 heterocycles. The van der Waals surface area contributed by atoms with Crippen LogP contribution in [0.1, 0.15) is 25.3 Å². The fourth-order valence-corrected chi connectivity index (χ4v) is 3.65. The van der Waals surface area contributed by atoms with Crippen LogP contribution in [0.4, 0.5) is 0 Å². The number of hydrogen-bond acceptors (Lipinski definition) is 4. The molecule has 2 amide bonds. The van der Waals surface area contributed by atoms with Gasteiger partial charge < -0.3 is 19.9 Å². The summed E-state index contributed by atoms with van der Waals surface area (Å²) in [7, 11) is 0. The van der Waals surface area contributed by atoms with Crippen LogP contribution >= 0.6 is 12.4 Å². The average molecular weight is 396 g/mol. The topological polar surface area (TPSA) is 61.9 Å². The Kier molecular flexibility index (Phi) is 8.54. The molecule has 7 heteroatoms. The maximum Gasteiger partial charge on any atom is 0.242 e. The Morgan fingerprint density at radius 2 is 1.81 bits per heavy atom. The van der Waals surface area contributed by atoms with Crippen molar-refractivity contribution in [1.82, 2.24) is 15.1 Å². The monoisotopic (exact) mass is 395 g/mol. The van der Waals surface area contributed by atoms with Crippen LogP contribution in [-0.2, 0) is 20.7 Å². The molecule has 2 fully saturated rings. The van der Waals surface area contributed by atoms with E-state index in [9.17, 15) is 9.59 Å². The Morgan fingerprint density at radius 3 is 2.56 bits per heavy atom. The number of aryl methyl sites for hydroxylation is 1. The molecule has 1 aromatic rings. The van der Waals surface area contributed by atoms with Crippen LogP contribution in [0.2, 0.25) is 0 Å². The van der Waals surface area contributed by atoms with Gasteiger partial charge in [0, 0.05) is 39.1 Å². The maximum atomic E-state index is 12.8. The standard InChI is InChI=1S/C20H29N3O3.ClH/c1-16-19(21-10-15-26-16)20(25)23-12-5-11-22(13-14-23)18(24)9-8-17-6-3-2-4-7-17;/h2-4,6-7,16,19,21H,5,8-15H2,1H3;1H/t16-,19+;/m1./s1. The van der Waals surface area contributed by atoms with Crippen molar-refractivity contribution in [3.8, 4) is 0 Å². The number of halogens is 1. The van der Waals surface area contributed by atoms with Gasteiger partial charge in [-0.2, -0.15) is 0 Å². The molecule has 0 radical (unpaired) electrons. The predicted molar refractivity (Wildman–Crippen MR) is 107 cm³/mol. The SMILES string of the molecule is C[C@H]1OCCN[C@@H]1C(=O)N1CCCN(C(=O)CCc2ccccc2)CC1.Cl. The van der Waals surface area contributed by atoms with Gasteiger partial charge in [-0.05, 0) is 25.3 Å². The average Bonchev–Trinajstić information content (AvgIpc) is 2.93. The summed E-state index contributed by atoms with van der Waals surface area (Å²) in [5, 5.41) is 3.26. The summed E-state index contributed by atoms with van der Waals surface area (Å²) in [5.41, 5.74) is 1.19.